The van der Waals surface area contributed by atoms with Gasteiger partial charge in [0, 0.05) is 18.7 Å². The van der Waals surface area contributed by atoms with Crippen LogP contribution in [0.5, 0.6) is 5.75 Å². The molecule has 1 N–H and O–H groups in total. The van der Waals surface area contributed by atoms with Crippen molar-refractivity contribution in [1.82, 2.24) is 14.6 Å². The van der Waals surface area contributed by atoms with E-state index in [1.165, 1.54) is 0 Å². The summed E-state index contributed by atoms with van der Waals surface area (Å²) >= 11 is 0. The molecule has 0 unspecified atom stereocenters. The fourth-order valence-corrected chi connectivity index (χ4v) is 2.13. The first-order valence-corrected chi connectivity index (χ1v) is 6.99. The first-order chi connectivity index (χ1) is 10.7. The number of pyridine rings is 1. The second-order valence-electron chi connectivity index (χ2n) is 4.84. The maximum atomic E-state index is 12.0. The van der Waals surface area contributed by atoms with Gasteiger partial charge in [0.1, 0.15) is 5.75 Å². The molecule has 0 aliphatic rings. The van der Waals surface area contributed by atoms with Crippen molar-refractivity contribution in [2.24, 2.45) is 0 Å². The normalized spacial score (nSPS) is 10.6. The molecule has 0 fully saturated rings. The molecule has 0 aliphatic carbocycles. The Hall–Kier alpha value is -2.89. The molecule has 0 bridgehead atoms. The standard InChI is InChI=1S/C16H16N4O2/c1-22-13-9-10-20-14(11-13)17-16(19-20)18-15(21)8-7-12-5-3-2-4-6-12/h2-6,9-11H,7-8H2,1H3,(H,18,19,21). The number of nitrogens with zero attached hydrogens (tertiary/aromatic N) is 3. The van der Waals surface area contributed by atoms with Crippen molar-refractivity contribution in [3.8, 4) is 5.75 Å². The Morgan fingerprint density at radius 2 is 2.09 bits per heavy atom. The molecule has 0 saturated carbocycles. The highest BCUT2D eigenvalue weighted by Crippen LogP contribution is 2.14. The van der Waals surface area contributed by atoms with E-state index >= 15 is 0 Å². The molecule has 0 spiro atoms. The average Bonchev–Trinajstić information content (AvgIpc) is 2.95. The minimum Gasteiger partial charge on any atom is -0.497 e. The van der Waals surface area contributed by atoms with Gasteiger partial charge in [0.2, 0.25) is 11.9 Å². The summed E-state index contributed by atoms with van der Waals surface area (Å²) in [6.07, 6.45) is 2.82. The molecular weight excluding hydrogens is 280 g/mol. The predicted molar refractivity (Wildman–Crippen MR) is 82.9 cm³/mol. The Morgan fingerprint density at radius 1 is 1.27 bits per heavy atom. The summed E-state index contributed by atoms with van der Waals surface area (Å²) in [4.78, 5) is 16.2. The third-order valence-corrected chi connectivity index (χ3v) is 3.28. The van der Waals surface area contributed by atoms with E-state index in [2.05, 4.69) is 15.4 Å². The summed E-state index contributed by atoms with van der Waals surface area (Å²) in [6.45, 7) is 0. The molecule has 0 radical (unpaired) electrons. The Labute approximate surface area is 127 Å². The lowest BCUT2D eigenvalue weighted by Gasteiger charge is -2.01. The zero-order valence-corrected chi connectivity index (χ0v) is 12.2. The van der Waals surface area contributed by atoms with E-state index in [0.717, 1.165) is 5.56 Å². The molecular formula is C16H16N4O2. The molecule has 2 aromatic heterocycles. The lowest BCUT2D eigenvalue weighted by molar-refractivity contribution is -0.116. The molecule has 6 nitrogen and oxygen atoms in total. The summed E-state index contributed by atoms with van der Waals surface area (Å²) < 4.78 is 6.72. The highest BCUT2D eigenvalue weighted by Gasteiger charge is 2.08. The van der Waals surface area contributed by atoms with Crippen molar-refractivity contribution in [2.45, 2.75) is 12.8 Å². The fourth-order valence-electron chi connectivity index (χ4n) is 2.13. The number of anilines is 1. The number of fused-ring (bicyclic) bond motifs is 1. The van der Waals surface area contributed by atoms with Crippen LogP contribution in [0.2, 0.25) is 0 Å². The quantitative estimate of drug-likeness (QED) is 0.784. The number of aromatic nitrogens is 3. The van der Waals surface area contributed by atoms with Gasteiger partial charge in [-0.15, -0.1) is 5.10 Å². The van der Waals surface area contributed by atoms with Gasteiger partial charge in [0.05, 0.1) is 7.11 Å². The zero-order chi connectivity index (χ0) is 15.4. The van der Waals surface area contributed by atoms with Crippen molar-refractivity contribution in [3.63, 3.8) is 0 Å². The van der Waals surface area contributed by atoms with Crippen molar-refractivity contribution >= 4 is 17.5 Å². The van der Waals surface area contributed by atoms with E-state index in [4.69, 9.17) is 4.74 Å². The Balaban J connectivity index is 1.63. The van der Waals surface area contributed by atoms with Gasteiger partial charge in [-0.2, -0.15) is 4.98 Å². The number of carbonyl (C=O) groups excluding carboxylic acids is 1. The van der Waals surface area contributed by atoms with Crippen LogP contribution in [0.1, 0.15) is 12.0 Å². The molecule has 3 aromatic rings. The summed E-state index contributed by atoms with van der Waals surface area (Å²) in [5, 5.41) is 6.92. The number of methoxy groups -OCH3 is 1. The van der Waals surface area contributed by atoms with Crippen LogP contribution in [0.15, 0.2) is 48.7 Å². The SMILES string of the molecule is COc1ccn2nc(NC(=O)CCc3ccccc3)nc2c1. The van der Waals surface area contributed by atoms with Crippen molar-refractivity contribution < 1.29 is 9.53 Å². The van der Waals surface area contributed by atoms with Crippen LogP contribution in [0.4, 0.5) is 5.95 Å². The first kappa shape index (κ1) is 14.1. The van der Waals surface area contributed by atoms with Crippen LogP contribution in [0.3, 0.4) is 0 Å². The van der Waals surface area contributed by atoms with Crippen LogP contribution in [-0.2, 0) is 11.2 Å². The molecule has 2 heterocycles. The predicted octanol–water partition coefficient (Wildman–Crippen LogP) is 2.31. The minimum atomic E-state index is -0.105. The van der Waals surface area contributed by atoms with E-state index < -0.39 is 0 Å². The molecule has 22 heavy (non-hydrogen) atoms. The molecule has 112 valence electrons. The Morgan fingerprint density at radius 3 is 2.86 bits per heavy atom. The summed E-state index contributed by atoms with van der Waals surface area (Å²) in [7, 11) is 1.59. The average molecular weight is 296 g/mol. The second-order valence-corrected chi connectivity index (χ2v) is 4.84. The number of hydrogen-bond donors (Lipinski definition) is 1. The van der Waals surface area contributed by atoms with Crippen LogP contribution >= 0.6 is 0 Å². The summed E-state index contributed by atoms with van der Waals surface area (Å²) in [6, 6.07) is 13.4. The largest absolute Gasteiger partial charge is 0.497 e. The topological polar surface area (TPSA) is 68.5 Å². The Bertz CT molecular complexity index is 783. The first-order valence-electron chi connectivity index (χ1n) is 6.99. The van der Waals surface area contributed by atoms with E-state index in [9.17, 15) is 4.79 Å². The smallest absolute Gasteiger partial charge is 0.249 e. The van der Waals surface area contributed by atoms with Crippen LogP contribution in [-0.4, -0.2) is 27.6 Å². The van der Waals surface area contributed by atoms with E-state index in [1.807, 2.05) is 30.3 Å². The lowest BCUT2D eigenvalue weighted by atomic mass is 10.1. The molecule has 1 amide bonds. The van der Waals surface area contributed by atoms with E-state index in [1.54, 1.807) is 30.0 Å². The number of aryl methyl sites for hydroxylation is 1. The summed E-state index contributed by atoms with van der Waals surface area (Å²) in [5.74, 6) is 0.889. The van der Waals surface area contributed by atoms with Crippen molar-refractivity contribution in [3.05, 3.63) is 54.2 Å². The number of nitrogens with one attached hydrogen (secondary N) is 1. The molecule has 0 aliphatic heterocycles. The molecule has 0 saturated heterocycles. The van der Waals surface area contributed by atoms with Crippen LogP contribution in [0, 0.1) is 0 Å². The third-order valence-electron chi connectivity index (χ3n) is 3.28. The maximum absolute atomic E-state index is 12.0. The monoisotopic (exact) mass is 296 g/mol. The fraction of sp³-hybridized carbons (Fsp3) is 0.188. The molecule has 6 heteroatoms. The number of hydrogen-bond acceptors (Lipinski definition) is 4. The highest BCUT2D eigenvalue weighted by molar-refractivity contribution is 5.89. The number of amides is 1. The van der Waals surface area contributed by atoms with Gasteiger partial charge in [-0.3, -0.25) is 10.1 Å². The van der Waals surface area contributed by atoms with Gasteiger partial charge in [0.15, 0.2) is 5.65 Å². The van der Waals surface area contributed by atoms with E-state index in [0.29, 0.717) is 30.2 Å². The van der Waals surface area contributed by atoms with Crippen molar-refractivity contribution in [1.29, 1.82) is 0 Å². The van der Waals surface area contributed by atoms with Gasteiger partial charge >= 0.3 is 0 Å². The van der Waals surface area contributed by atoms with Crippen LogP contribution in [0.25, 0.3) is 5.65 Å². The van der Waals surface area contributed by atoms with Crippen LogP contribution < -0.4 is 10.1 Å². The van der Waals surface area contributed by atoms with Gasteiger partial charge in [-0.1, -0.05) is 30.3 Å². The Kier molecular flexibility index (Phi) is 4.00. The number of rotatable bonds is 5. The minimum absolute atomic E-state index is 0.105. The number of carbonyl (C=O) groups is 1. The molecule has 3 rings (SSSR count). The maximum Gasteiger partial charge on any atom is 0.249 e. The zero-order valence-electron chi connectivity index (χ0n) is 12.2. The lowest BCUT2D eigenvalue weighted by Crippen LogP contribution is -2.13. The second kappa shape index (κ2) is 6.26. The van der Waals surface area contributed by atoms with Gasteiger partial charge in [0.25, 0.3) is 0 Å². The van der Waals surface area contributed by atoms with Gasteiger partial charge < -0.3 is 4.74 Å². The number of benzene rings is 1. The highest BCUT2D eigenvalue weighted by atomic mass is 16.5. The van der Waals surface area contributed by atoms with Gasteiger partial charge in [-0.25, -0.2) is 4.52 Å². The van der Waals surface area contributed by atoms with Crippen molar-refractivity contribution in [2.75, 3.05) is 12.4 Å². The van der Waals surface area contributed by atoms with Gasteiger partial charge in [-0.05, 0) is 18.1 Å². The number of ether oxygens (including phenoxy) is 1. The summed E-state index contributed by atoms with van der Waals surface area (Å²) in [5.41, 5.74) is 1.75. The van der Waals surface area contributed by atoms with E-state index in [-0.39, 0.29) is 5.91 Å². The third kappa shape index (κ3) is 3.22. The molecule has 0 atom stereocenters. The molecule has 1 aromatic carbocycles.